The van der Waals surface area contributed by atoms with E-state index < -0.39 is 0 Å². The third kappa shape index (κ3) is 1.70. The third-order valence-corrected chi connectivity index (χ3v) is 4.62. The van der Waals surface area contributed by atoms with E-state index >= 15 is 0 Å². The summed E-state index contributed by atoms with van der Waals surface area (Å²) in [7, 11) is 0. The molecule has 1 aliphatic carbocycles. The SMILES string of the molecule is CCCC1c2ccccc2-c2cc(O)c3ccccc3c21. The van der Waals surface area contributed by atoms with Gasteiger partial charge in [-0.1, -0.05) is 61.9 Å². The Morgan fingerprint density at radius 1 is 0.905 bits per heavy atom. The van der Waals surface area contributed by atoms with Gasteiger partial charge in [-0.25, -0.2) is 0 Å². The molecule has 0 saturated carbocycles. The van der Waals surface area contributed by atoms with Crippen LogP contribution in [0.2, 0.25) is 0 Å². The molecule has 3 aromatic rings. The fraction of sp³-hybridized carbons (Fsp3) is 0.200. The van der Waals surface area contributed by atoms with Gasteiger partial charge in [-0.2, -0.15) is 0 Å². The van der Waals surface area contributed by atoms with Gasteiger partial charge in [0.2, 0.25) is 0 Å². The first-order chi connectivity index (χ1) is 10.3. The van der Waals surface area contributed by atoms with E-state index in [0.29, 0.717) is 11.7 Å². The van der Waals surface area contributed by atoms with Crippen LogP contribution in [-0.2, 0) is 0 Å². The largest absolute Gasteiger partial charge is 0.507 e. The summed E-state index contributed by atoms with van der Waals surface area (Å²) in [6, 6.07) is 18.8. The summed E-state index contributed by atoms with van der Waals surface area (Å²) in [6.45, 7) is 2.24. The molecule has 0 fully saturated rings. The van der Waals surface area contributed by atoms with Crippen LogP contribution >= 0.6 is 0 Å². The van der Waals surface area contributed by atoms with Gasteiger partial charge in [0.15, 0.2) is 0 Å². The minimum absolute atomic E-state index is 0.385. The quantitative estimate of drug-likeness (QED) is 0.658. The number of phenols is 1. The van der Waals surface area contributed by atoms with E-state index in [4.69, 9.17) is 0 Å². The topological polar surface area (TPSA) is 20.2 Å². The van der Waals surface area contributed by atoms with Crippen molar-refractivity contribution in [3.8, 4) is 16.9 Å². The molecule has 0 bridgehead atoms. The molecular weight excluding hydrogens is 256 g/mol. The van der Waals surface area contributed by atoms with Crippen molar-refractivity contribution in [2.24, 2.45) is 0 Å². The van der Waals surface area contributed by atoms with E-state index in [9.17, 15) is 5.11 Å². The Balaban J connectivity index is 2.11. The van der Waals surface area contributed by atoms with Crippen molar-refractivity contribution in [2.75, 3.05) is 0 Å². The maximum Gasteiger partial charge on any atom is 0.124 e. The van der Waals surface area contributed by atoms with Crippen LogP contribution in [0.15, 0.2) is 54.6 Å². The number of hydrogen-bond donors (Lipinski definition) is 1. The molecule has 1 aliphatic rings. The molecule has 1 atom stereocenters. The van der Waals surface area contributed by atoms with E-state index in [-0.39, 0.29) is 0 Å². The molecule has 3 aromatic carbocycles. The highest BCUT2D eigenvalue weighted by atomic mass is 16.3. The van der Waals surface area contributed by atoms with Crippen molar-refractivity contribution in [3.63, 3.8) is 0 Å². The van der Waals surface area contributed by atoms with E-state index in [1.165, 1.54) is 27.6 Å². The minimum Gasteiger partial charge on any atom is -0.507 e. The Bertz CT molecular complexity index is 832. The van der Waals surface area contributed by atoms with Crippen LogP contribution in [0, 0.1) is 0 Å². The Morgan fingerprint density at radius 3 is 2.43 bits per heavy atom. The summed E-state index contributed by atoms with van der Waals surface area (Å²) < 4.78 is 0. The van der Waals surface area contributed by atoms with Crippen molar-refractivity contribution in [2.45, 2.75) is 25.7 Å². The first-order valence-electron chi connectivity index (χ1n) is 7.65. The van der Waals surface area contributed by atoms with Crippen LogP contribution in [0.25, 0.3) is 21.9 Å². The lowest BCUT2D eigenvalue weighted by Crippen LogP contribution is -1.97. The molecule has 1 heteroatoms. The molecule has 1 unspecified atom stereocenters. The maximum atomic E-state index is 10.4. The molecule has 0 heterocycles. The van der Waals surface area contributed by atoms with Gasteiger partial charge in [-0.05, 0) is 40.1 Å². The highest BCUT2D eigenvalue weighted by molar-refractivity contribution is 5.99. The number of hydrogen-bond acceptors (Lipinski definition) is 1. The average molecular weight is 274 g/mol. The number of rotatable bonds is 2. The van der Waals surface area contributed by atoms with Crippen LogP contribution in [-0.4, -0.2) is 5.11 Å². The summed E-state index contributed by atoms with van der Waals surface area (Å²) in [4.78, 5) is 0. The van der Waals surface area contributed by atoms with Crippen molar-refractivity contribution in [1.29, 1.82) is 0 Å². The fourth-order valence-corrected chi connectivity index (χ4v) is 3.77. The van der Waals surface area contributed by atoms with Crippen molar-refractivity contribution >= 4 is 10.8 Å². The second-order valence-corrected chi connectivity index (χ2v) is 5.83. The second-order valence-electron chi connectivity index (χ2n) is 5.83. The lowest BCUT2D eigenvalue weighted by Gasteiger charge is -2.15. The van der Waals surface area contributed by atoms with Crippen molar-refractivity contribution in [3.05, 3.63) is 65.7 Å². The molecule has 21 heavy (non-hydrogen) atoms. The van der Waals surface area contributed by atoms with Gasteiger partial charge in [-0.3, -0.25) is 0 Å². The zero-order valence-electron chi connectivity index (χ0n) is 12.1. The lowest BCUT2D eigenvalue weighted by atomic mass is 9.89. The number of fused-ring (bicyclic) bond motifs is 5. The maximum absolute atomic E-state index is 10.4. The molecule has 0 amide bonds. The van der Waals surface area contributed by atoms with E-state index in [0.717, 1.165) is 18.2 Å². The molecule has 0 aliphatic heterocycles. The summed E-state index contributed by atoms with van der Waals surface area (Å²) in [6.07, 6.45) is 2.31. The minimum atomic E-state index is 0.385. The van der Waals surface area contributed by atoms with Gasteiger partial charge in [-0.15, -0.1) is 0 Å². The number of benzene rings is 3. The molecule has 104 valence electrons. The van der Waals surface area contributed by atoms with Gasteiger partial charge < -0.3 is 5.11 Å². The Hall–Kier alpha value is -2.28. The van der Waals surface area contributed by atoms with Gasteiger partial charge in [0.25, 0.3) is 0 Å². The number of aromatic hydroxyl groups is 1. The van der Waals surface area contributed by atoms with Gasteiger partial charge >= 0.3 is 0 Å². The summed E-state index contributed by atoms with van der Waals surface area (Å²) in [5, 5.41) is 12.5. The van der Waals surface area contributed by atoms with E-state index in [2.05, 4.69) is 43.3 Å². The number of phenolic OH excluding ortho intramolecular Hbond substituents is 1. The predicted molar refractivity (Wildman–Crippen MR) is 87.8 cm³/mol. The highest BCUT2D eigenvalue weighted by Crippen LogP contribution is 2.51. The van der Waals surface area contributed by atoms with Crippen LogP contribution < -0.4 is 0 Å². The molecule has 4 rings (SSSR count). The molecule has 1 nitrogen and oxygen atoms in total. The second kappa shape index (κ2) is 4.63. The molecule has 1 N–H and O–H groups in total. The van der Waals surface area contributed by atoms with Gasteiger partial charge in [0.05, 0.1) is 0 Å². The summed E-state index contributed by atoms with van der Waals surface area (Å²) in [5.41, 5.74) is 5.30. The molecule has 0 saturated heterocycles. The Labute approximate surface area is 124 Å². The van der Waals surface area contributed by atoms with Gasteiger partial charge in [0.1, 0.15) is 5.75 Å². The molecular formula is C20H18O. The average Bonchev–Trinajstić information content (AvgIpc) is 2.83. The first kappa shape index (κ1) is 12.5. The molecule has 0 spiro atoms. The summed E-state index contributed by atoms with van der Waals surface area (Å²) >= 11 is 0. The van der Waals surface area contributed by atoms with Crippen molar-refractivity contribution in [1.82, 2.24) is 0 Å². The smallest absolute Gasteiger partial charge is 0.124 e. The van der Waals surface area contributed by atoms with Crippen LogP contribution in [0.1, 0.15) is 36.8 Å². The molecule has 0 radical (unpaired) electrons. The Morgan fingerprint density at radius 2 is 1.62 bits per heavy atom. The Kier molecular flexibility index (Phi) is 2.75. The lowest BCUT2D eigenvalue weighted by molar-refractivity contribution is 0.482. The van der Waals surface area contributed by atoms with Crippen LogP contribution in [0.3, 0.4) is 0 Å². The highest BCUT2D eigenvalue weighted by Gasteiger charge is 2.30. The standard InChI is InChI=1S/C20H18O/c1-2-7-16-13-8-3-4-9-14(13)18-12-19(21)15-10-5-6-11-17(15)20(16)18/h3-6,8-12,16,21H,2,7H2,1H3. The van der Waals surface area contributed by atoms with Crippen LogP contribution in [0.5, 0.6) is 5.75 Å². The van der Waals surface area contributed by atoms with Crippen LogP contribution in [0.4, 0.5) is 0 Å². The van der Waals surface area contributed by atoms with E-state index in [1.807, 2.05) is 18.2 Å². The predicted octanol–water partition coefficient (Wildman–Crippen LogP) is 5.46. The molecule has 0 aromatic heterocycles. The van der Waals surface area contributed by atoms with Gasteiger partial charge in [0, 0.05) is 11.3 Å². The zero-order valence-corrected chi connectivity index (χ0v) is 12.1. The normalized spacial score (nSPS) is 16.0. The summed E-state index contributed by atoms with van der Waals surface area (Å²) in [5.74, 6) is 0.836. The monoisotopic (exact) mass is 274 g/mol. The zero-order chi connectivity index (χ0) is 14.4. The first-order valence-corrected chi connectivity index (χ1v) is 7.65. The fourth-order valence-electron chi connectivity index (χ4n) is 3.77. The van der Waals surface area contributed by atoms with E-state index in [1.54, 1.807) is 0 Å². The van der Waals surface area contributed by atoms with Crippen molar-refractivity contribution < 1.29 is 5.11 Å². The third-order valence-electron chi connectivity index (χ3n) is 4.62.